The zero-order valence-electron chi connectivity index (χ0n) is 19.2. The molecule has 0 radical (unpaired) electrons. The van der Waals surface area contributed by atoms with E-state index < -0.39 is 21.8 Å². The molecule has 10 heteroatoms. The third-order valence-corrected chi connectivity index (χ3v) is 5.76. The molecular weight excluding hydrogens is 454 g/mol. The zero-order chi connectivity index (χ0) is 24.3. The maximum absolute atomic E-state index is 8.49. The number of halogens is 1. The quantitative estimate of drug-likeness (QED) is 0.338. The van der Waals surface area contributed by atoms with E-state index in [0.29, 0.717) is 26.4 Å². The summed E-state index contributed by atoms with van der Waals surface area (Å²) in [6.45, 7) is 9.97. The molecule has 1 aromatic carbocycles. The van der Waals surface area contributed by atoms with Gasteiger partial charge in [-0.1, -0.05) is 30.3 Å². The van der Waals surface area contributed by atoms with E-state index in [0.717, 1.165) is 5.69 Å². The highest BCUT2D eigenvalue weighted by molar-refractivity contribution is 5.46. The first-order valence-corrected chi connectivity index (χ1v) is 12.2. The first kappa shape index (κ1) is 26.0. The Balaban J connectivity index is 0.000000555. The first-order valence-electron chi connectivity index (χ1n) is 11.0. The van der Waals surface area contributed by atoms with Crippen molar-refractivity contribution in [3.8, 4) is 0 Å². The van der Waals surface area contributed by atoms with Crippen LogP contribution in [-0.4, -0.2) is 38.0 Å². The average Bonchev–Trinajstić information content (AvgIpc) is 2.75. The van der Waals surface area contributed by atoms with Crippen molar-refractivity contribution < 1.29 is 52.4 Å². The van der Waals surface area contributed by atoms with Crippen LogP contribution in [0.25, 0.3) is 0 Å². The van der Waals surface area contributed by atoms with Gasteiger partial charge in [-0.2, -0.15) is 4.57 Å². The molecule has 2 unspecified atom stereocenters. The molecule has 0 N–H and O–H groups in total. The number of nitrogens with zero attached hydrogens (tertiary/aromatic N) is 1. The molecule has 2 aromatic rings. The lowest BCUT2D eigenvalue weighted by atomic mass is 9.66. The van der Waals surface area contributed by atoms with Crippen molar-refractivity contribution in [1.82, 2.24) is 0 Å². The lowest BCUT2D eigenvalue weighted by Crippen LogP contribution is -2.79. The molecule has 1 aromatic heterocycles. The maximum Gasteiger partial charge on any atom is 0.294 e. The Morgan fingerprint density at radius 1 is 0.727 bits per heavy atom. The zero-order valence-corrected chi connectivity index (χ0v) is 19.9. The number of aromatic nitrogens is 1. The molecule has 33 heavy (non-hydrogen) atoms. The molecule has 9 nitrogen and oxygen atoms in total. The van der Waals surface area contributed by atoms with Gasteiger partial charge in [0.05, 0.1) is 0 Å². The smallest absolute Gasteiger partial charge is 0.294 e. The fraction of sp³-hybridized carbons (Fsp3) is 0.522. The molecule has 0 spiro atoms. The maximum atomic E-state index is 8.49. The molecule has 3 heterocycles. The lowest BCUT2D eigenvalue weighted by molar-refractivity contribution is -2.00. The van der Waals surface area contributed by atoms with Crippen LogP contribution >= 0.6 is 0 Å². The Labute approximate surface area is 195 Å². The van der Waals surface area contributed by atoms with E-state index in [2.05, 4.69) is 53.2 Å². The van der Waals surface area contributed by atoms with E-state index in [1.54, 1.807) is 0 Å². The van der Waals surface area contributed by atoms with Crippen LogP contribution in [0.1, 0.15) is 56.5 Å². The van der Waals surface area contributed by atoms with Gasteiger partial charge in [0.15, 0.2) is 11.9 Å². The predicted octanol–water partition coefficient (Wildman–Crippen LogP) is -1.19. The highest BCUT2D eigenvalue weighted by Crippen LogP contribution is 2.59. The molecule has 2 bridgehead atoms. The number of fused-ring (bicyclic) bond motifs is 1. The largest absolute Gasteiger partial charge is 0.344 e. The van der Waals surface area contributed by atoms with Gasteiger partial charge in [0.2, 0.25) is 11.8 Å². The number of ether oxygens (including phenoxy) is 4. The van der Waals surface area contributed by atoms with Crippen molar-refractivity contribution in [2.24, 2.45) is 0 Å². The highest BCUT2D eigenvalue weighted by Gasteiger charge is 2.77. The summed E-state index contributed by atoms with van der Waals surface area (Å²) in [6.07, 6.45) is 2.11. The van der Waals surface area contributed by atoms with E-state index in [4.69, 9.17) is 37.6 Å². The van der Waals surface area contributed by atoms with Gasteiger partial charge in [0, 0.05) is 44.1 Å². The van der Waals surface area contributed by atoms with Gasteiger partial charge in [0.25, 0.3) is 5.79 Å². The highest BCUT2D eigenvalue weighted by atomic mass is 35.7. The normalized spacial score (nSPS) is 21.6. The molecule has 0 amide bonds. The van der Waals surface area contributed by atoms with Crippen LogP contribution < -0.4 is 23.2 Å². The van der Waals surface area contributed by atoms with E-state index in [-0.39, 0.29) is 12.0 Å². The van der Waals surface area contributed by atoms with Crippen LogP contribution in [0, 0.1) is 10.2 Å². The molecule has 0 fully saturated rings. The fourth-order valence-corrected chi connectivity index (χ4v) is 5.13. The van der Waals surface area contributed by atoms with Crippen LogP contribution in [0.5, 0.6) is 0 Å². The number of hydrogen-bond acceptors (Lipinski definition) is 8. The molecule has 182 valence electrons. The van der Waals surface area contributed by atoms with Gasteiger partial charge in [-0.3, -0.25) is 0 Å². The monoisotopic (exact) mass is 483 g/mol. The standard InChI is InChI=1S/C23H30NO4.ClHO4/c1-5-25-22(26-6-2)20-17-13-9-10-14-18(17)21(23(22,27-7-3)28-8-4)24-16-12-11-15-19(20)24;2-1(3,4)5/h9-16,20-21H,5-8H2,1-4H3;(H,2,3,4,5)/q+1;/p-1. The van der Waals surface area contributed by atoms with E-state index in [9.17, 15) is 0 Å². The van der Waals surface area contributed by atoms with Gasteiger partial charge < -0.3 is 18.9 Å². The van der Waals surface area contributed by atoms with Crippen molar-refractivity contribution in [3.63, 3.8) is 0 Å². The SMILES string of the molecule is CCOC1(OCC)C2c3ccccc3C([n+]3ccccc32)C1(OCC)OCC.[O-][Cl+3]([O-])([O-])[O-]. The number of hydrogen-bond donors (Lipinski definition) is 0. The Kier molecular flexibility index (Phi) is 8.11. The van der Waals surface area contributed by atoms with Crippen LogP contribution in [0.2, 0.25) is 0 Å². The third-order valence-electron chi connectivity index (χ3n) is 5.76. The van der Waals surface area contributed by atoms with E-state index in [1.807, 2.05) is 27.7 Å². The molecule has 0 saturated carbocycles. The molecule has 2 atom stereocenters. The van der Waals surface area contributed by atoms with Crippen molar-refractivity contribution in [2.45, 2.75) is 51.2 Å². The van der Waals surface area contributed by atoms with Crippen LogP contribution in [0.3, 0.4) is 0 Å². The average molecular weight is 484 g/mol. The summed E-state index contributed by atoms with van der Waals surface area (Å²) in [4.78, 5) is 0. The second-order valence-corrected chi connectivity index (χ2v) is 8.20. The summed E-state index contributed by atoms with van der Waals surface area (Å²) >= 11 is 0. The number of benzene rings is 1. The summed E-state index contributed by atoms with van der Waals surface area (Å²) in [5.41, 5.74) is 3.58. The molecule has 0 saturated heterocycles. The molecule has 2 aliphatic heterocycles. The minimum atomic E-state index is -4.94. The van der Waals surface area contributed by atoms with Gasteiger partial charge in [-0.25, -0.2) is 18.6 Å². The Hall–Kier alpha value is -1.66. The summed E-state index contributed by atoms with van der Waals surface area (Å²) in [7, 11) is -4.94. The summed E-state index contributed by atoms with van der Waals surface area (Å²) in [6, 6.07) is 14.6. The first-order chi connectivity index (χ1) is 15.7. The third kappa shape index (κ3) is 4.53. The van der Waals surface area contributed by atoms with E-state index >= 15 is 0 Å². The Morgan fingerprint density at radius 2 is 1.18 bits per heavy atom. The lowest BCUT2D eigenvalue weighted by Gasteiger charge is -2.57. The number of pyridine rings is 1. The second kappa shape index (κ2) is 10.3. The van der Waals surface area contributed by atoms with Gasteiger partial charge >= 0.3 is 0 Å². The van der Waals surface area contributed by atoms with Crippen molar-refractivity contribution in [1.29, 1.82) is 0 Å². The Bertz CT molecular complexity index is 801. The van der Waals surface area contributed by atoms with Gasteiger partial charge in [0.1, 0.15) is 5.92 Å². The molecule has 5 rings (SSSR count). The minimum Gasteiger partial charge on any atom is -0.344 e. The minimum absolute atomic E-state index is 0.159. The molecular formula is C23H30ClNO8. The van der Waals surface area contributed by atoms with Crippen molar-refractivity contribution >= 4 is 0 Å². The van der Waals surface area contributed by atoms with Gasteiger partial charge in [-0.05, 0) is 33.3 Å². The molecule has 1 aliphatic carbocycles. The Morgan fingerprint density at radius 3 is 1.70 bits per heavy atom. The summed E-state index contributed by atoms with van der Waals surface area (Å²) < 4.78 is 62.2. The molecule has 3 aliphatic rings. The van der Waals surface area contributed by atoms with Crippen LogP contribution in [-0.2, 0) is 18.9 Å². The summed E-state index contributed by atoms with van der Waals surface area (Å²) in [5.74, 6) is -2.31. The fourth-order valence-electron chi connectivity index (χ4n) is 5.13. The van der Waals surface area contributed by atoms with Gasteiger partial charge in [-0.15, -0.1) is 10.2 Å². The van der Waals surface area contributed by atoms with Crippen molar-refractivity contribution in [3.05, 3.63) is 65.5 Å². The second-order valence-electron chi connectivity index (χ2n) is 7.44. The predicted molar refractivity (Wildman–Crippen MR) is 105 cm³/mol. The van der Waals surface area contributed by atoms with Crippen LogP contribution in [0.4, 0.5) is 0 Å². The summed E-state index contributed by atoms with van der Waals surface area (Å²) in [5, 5.41) is 0. The van der Waals surface area contributed by atoms with E-state index in [1.165, 1.54) is 11.1 Å². The van der Waals surface area contributed by atoms with Crippen LogP contribution in [0.15, 0.2) is 48.7 Å². The topological polar surface area (TPSA) is 133 Å². The van der Waals surface area contributed by atoms with Crippen molar-refractivity contribution in [2.75, 3.05) is 26.4 Å². The number of rotatable bonds is 8.